The number of carboxylic acid groups (broad SMARTS) is 1. The molecule has 2 N–H and O–H groups in total. The number of aromatic nitrogens is 1. The third-order valence-corrected chi connectivity index (χ3v) is 6.41. The lowest BCUT2D eigenvalue weighted by molar-refractivity contribution is -0.139. The van der Waals surface area contributed by atoms with Crippen LogP contribution in [0, 0.1) is 11.6 Å². The molecule has 38 heavy (non-hydrogen) atoms. The summed E-state index contributed by atoms with van der Waals surface area (Å²) < 4.78 is 41.3. The number of benzene rings is 3. The molecule has 0 saturated heterocycles. The Balaban J connectivity index is 1.53. The number of carbonyl (C=O) groups excluding carboxylic acids is 1. The summed E-state index contributed by atoms with van der Waals surface area (Å²) in [5.74, 6) is -4.31. The second kappa shape index (κ2) is 9.97. The first kappa shape index (κ1) is 24.9. The molecule has 1 amide bonds. The Kier molecular flexibility index (Phi) is 6.54. The molecule has 194 valence electrons. The van der Waals surface area contributed by atoms with Crippen molar-refractivity contribution >= 4 is 22.8 Å². The average molecular weight is 520 g/mol. The van der Waals surface area contributed by atoms with Crippen LogP contribution in [0.4, 0.5) is 8.78 Å². The fraction of sp³-hybridized carbons (Fsp3) is 0.179. The van der Waals surface area contributed by atoms with Crippen LogP contribution in [-0.4, -0.2) is 40.8 Å². The zero-order chi connectivity index (χ0) is 27.0. The van der Waals surface area contributed by atoms with Crippen molar-refractivity contribution in [2.24, 2.45) is 7.05 Å². The third kappa shape index (κ3) is 4.45. The number of carbonyl (C=O) groups is 2. The monoisotopic (exact) mass is 520 g/mol. The average Bonchev–Trinajstić information content (AvgIpc) is 2.90. The van der Waals surface area contributed by atoms with E-state index >= 15 is 0 Å². The largest absolute Gasteiger partial charge is 0.486 e. The molecule has 1 aliphatic heterocycles. The van der Waals surface area contributed by atoms with Gasteiger partial charge in [-0.05, 0) is 35.7 Å². The smallest absolute Gasteiger partial charge is 0.326 e. The van der Waals surface area contributed by atoms with Crippen LogP contribution in [0.1, 0.15) is 15.9 Å². The minimum absolute atomic E-state index is 0.184. The van der Waals surface area contributed by atoms with Gasteiger partial charge in [-0.1, -0.05) is 30.3 Å². The molecule has 1 aliphatic rings. The third-order valence-electron chi connectivity index (χ3n) is 6.41. The number of nitrogens with one attached hydrogen (secondary N) is 1. The fourth-order valence-electron chi connectivity index (χ4n) is 4.55. The van der Waals surface area contributed by atoms with Crippen molar-refractivity contribution in [3.63, 3.8) is 0 Å². The highest BCUT2D eigenvalue weighted by Crippen LogP contribution is 2.42. The van der Waals surface area contributed by atoms with Crippen molar-refractivity contribution in [1.29, 1.82) is 0 Å². The van der Waals surface area contributed by atoms with Gasteiger partial charge in [0.2, 0.25) is 0 Å². The SMILES string of the molecule is Cn1c(=O)c(-c2ccc(CC(NC(=O)c3c(F)cccc3F)C(=O)O)c3c2OCCO3)cc2ccccc21. The van der Waals surface area contributed by atoms with Crippen LogP contribution in [0.15, 0.2) is 65.5 Å². The lowest BCUT2D eigenvalue weighted by Crippen LogP contribution is -2.43. The first-order chi connectivity index (χ1) is 18.3. The molecule has 0 saturated carbocycles. The molecule has 0 spiro atoms. The molecule has 2 heterocycles. The molecule has 10 heteroatoms. The number of hydrogen-bond donors (Lipinski definition) is 2. The second-order valence-corrected chi connectivity index (χ2v) is 8.77. The summed E-state index contributed by atoms with van der Waals surface area (Å²) in [6, 6.07) is 13.8. The summed E-state index contributed by atoms with van der Waals surface area (Å²) in [5, 5.41) is 12.8. The highest BCUT2D eigenvalue weighted by Gasteiger charge is 2.29. The quantitative estimate of drug-likeness (QED) is 0.402. The summed E-state index contributed by atoms with van der Waals surface area (Å²) in [6.45, 7) is 0.396. The number of rotatable bonds is 6. The van der Waals surface area contributed by atoms with Crippen LogP contribution in [0.2, 0.25) is 0 Å². The number of pyridine rings is 1. The summed E-state index contributed by atoms with van der Waals surface area (Å²) in [5.41, 5.74) is 0.855. The van der Waals surface area contributed by atoms with Crippen LogP contribution >= 0.6 is 0 Å². The Labute approximate surface area is 215 Å². The number of hydrogen-bond acceptors (Lipinski definition) is 5. The number of aryl methyl sites for hydroxylation is 1. The van der Waals surface area contributed by atoms with Crippen molar-refractivity contribution in [2.45, 2.75) is 12.5 Å². The Morgan fingerprint density at radius 3 is 2.37 bits per heavy atom. The van der Waals surface area contributed by atoms with Gasteiger partial charge in [0.15, 0.2) is 11.5 Å². The molecule has 8 nitrogen and oxygen atoms in total. The summed E-state index contributed by atoms with van der Waals surface area (Å²) >= 11 is 0. The van der Waals surface area contributed by atoms with Crippen molar-refractivity contribution in [3.8, 4) is 22.6 Å². The van der Waals surface area contributed by atoms with Crippen molar-refractivity contribution < 1.29 is 33.0 Å². The minimum Gasteiger partial charge on any atom is -0.486 e. The zero-order valence-electron chi connectivity index (χ0n) is 20.2. The number of fused-ring (bicyclic) bond motifs is 2. The van der Waals surface area contributed by atoms with E-state index in [1.807, 2.05) is 24.3 Å². The van der Waals surface area contributed by atoms with Crippen LogP contribution in [0.3, 0.4) is 0 Å². The molecule has 1 unspecified atom stereocenters. The highest BCUT2D eigenvalue weighted by molar-refractivity contribution is 5.97. The van der Waals surface area contributed by atoms with Gasteiger partial charge in [-0.25, -0.2) is 13.6 Å². The minimum atomic E-state index is -1.53. The molecule has 0 radical (unpaired) electrons. The van der Waals surface area contributed by atoms with Gasteiger partial charge in [-0.15, -0.1) is 0 Å². The van der Waals surface area contributed by atoms with Crippen LogP contribution < -0.4 is 20.3 Å². The van der Waals surface area contributed by atoms with Crippen molar-refractivity contribution in [1.82, 2.24) is 9.88 Å². The number of nitrogens with zero attached hydrogens (tertiary/aromatic N) is 1. The molecule has 1 atom stereocenters. The maximum Gasteiger partial charge on any atom is 0.326 e. The van der Waals surface area contributed by atoms with E-state index in [1.165, 1.54) is 4.57 Å². The lowest BCUT2D eigenvalue weighted by Gasteiger charge is -2.25. The van der Waals surface area contributed by atoms with E-state index in [-0.39, 0.29) is 36.7 Å². The summed E-state index contributed by atoms with van der Waals surface area (Å²) in [6.07, 6.45) is -0.265. The van der Waals surface area contributed by atoms with Gasteiger partial charge < -0.3 is 24.5 Å². The molecule has 3 aromatic carbocycles. The van der Waals surface area contributed by atoms with E-state index in [0.29, 0.717) is 16.7 Å². The fourth-order valence-corrected chi connectivity index (χ4v) is 4.55. The Morgan fingerprint density at radius 1 is 0.974 bits per heavy atom. The second-order valence-electron chi connectivity index (χ2n) is 8.77. The van der Waals surface area contributed by atoms with Crippen LogP contribution in [0.5, 0.6) is 11.5 Å². The number of halogens is 2. The first-order valence-electron chi connectivity index (χ1n) is 11.7. The summed E-state index contributed by atoms with van der Waals surface area (Å²) in [4.78, 5) is 37.7. The first-order valence-corrected chi connectivity index (χ1v) is 11.7. The van der Waals surface area contributed by atoms with E-state index in [4.69, 9.17) is 9.47 Å². The van der Waals surface area contributed by atoms with Gasteiger partial charge in [0.05, 0.1) is 11.1 Å². The number of ether oxygens (including phenoxy) is 2. The number of carboxylic acids is 1. The van der Waals surface area contributed by atoms with Gasteiger partial charge >= 0.3 is 5.97 Å². The van der Waals surface area contributed by atoms with Crippen molar-refractivity contribution in [3.05, 3.63) is 93.8 Å². The summed E-state index contributed by atoms with van der Waals surface area (Å²) in [7, 11) is 1.67. The van der Waals surface area contributed by atoms with E-state index in [9.17, 15) is 28.3 Å². The lowest BCUT2D eigenvalue weighted by atomic mass is 9.97. The standard InChI is InChI=1S/C28H22F2N2O6/c1-32-22-8-3-2-5-15(22)13-18(27(32)34)17-10-9-16(24-25(17)38-12-11-37-24)14-21(28(35)36)31-26(33)23-19(29)6-4-7-20(23)30/h2-10,13,21H,11-12,14H2,1H3,(H,31,33)(H,35,36). The zero-order valence-corrected chi connectivity index (χ0v) is 20.2. The highest BCUT2D eigenvalue weighted by atomic mass is 19.1. The number of amides is 1. The molecular formula is C28H22F2N2O6. The maximum atomic E-state index is 14.1. The van der Waals surface area contributed by atoms with Gasteiger partial charge in [0.1, 0.15) is 36.5 Å². The van der Waals surface area contributed by atoms with E-state index in [1.54, 1.807) is 25.2 Å². The van der Waals surface area contributed by atoms with E-state index in [0.717, 1.165) is 29.1 Å². The number of aliphatic carboxylic acids is 1. The number of para-hydroxylation sites is 1. The predicted octanol–water partition coefficient (Wildman–Crippen LogP) is 3.68. The van der Waals surface area contributed by atoms with E-state index < -0.39 is 35.1 Å². The molecule has 0 bridgehead atoms. The molecule has 1 aromatic heterocycles. The molecule has 5 rings (SSSR count). The van der Waals surface area contributed by atoms with Crippen molar-refractivity contribution in [2.75, 3.05) is 13.2 Å². The molecular weight excluding hydrogens is 498 g/mol. The molecule has 0 fully saturated rings. The van der Waals surface area contributed by atoms with Gasteiger partial charge in [-0.3, -0.25) is 9.59 Å². The van der Waals surface area contributed by atoms with Gasteiger partial charge in [-0.2, -0.15) is 0 Å². The van der Waals surface area contributed by atoms with Gasteiger partial charge in [0, 0.05) is 24.6 Å². The molecule has 0 aliphatic carbocycles. The molecule has 4 aromatic rings. The maximum absolute atomic E-state index is 14.1. The van der Waals surface area contributed by atoms with Crippen LogP contribution in [0.25, 0.3) is 22.0 Å². The van der Waals surface area contributed by atoms with Gasteiger partial charge in [0.25, 0.3) is 11.5 Å². The predicted molar refractivity (Wildman–Crippen MR) is 135 cm³/mol. The van der Waals surface area contributed by atoms with Crippen LogP contribution in [-0.2, 0) is 18.3 Å². The topological polar surface area (TPSA) is 107 Å². The Hall–Kier alpha value is -4.73. The van der Waals surface area contributed by atoms with E-state index in [2.05, 4.69) is 5.32 Å². The normalized spacial score (nSPS) is 13.2. The Morgan fingerprint density at radius 2 is 1.66 bits per heavy atom. The Bertz CT molecular complexity index is 1630.